The molecule has 0 radical (unpaired) electrons. The summed E-state index contributed by atoms with van der Waals surface area (Å²) < 4.78 is 19.6. The van der Waals surface area contributed by atoms with Crippen LogP contribution in [0.25, 0.3) is 0 Å². The molecule has 0 saturated heterocycles. The molecule has 1 unspecified atom stereocenters. The molecule has 0 spiro atoms. The van der Waals surface area contributed by atoms with E-state index in [2.05, 4.69) is 10.7 Å². The minimum Gasteiger partial charge on any atom is -0.497 e. The molecular weight excluding hydrogens is 445 g/mol. The van der Waals surface area contributed by atoms with Crippen LogP contribution in [0, 0.1) is 11.7 Å². The Kier molecular flexibility index (Phi) is 8.95. The van der Waals surface area contributed by atoms with Gasteiger partial charge in [-0.15, -0.1) is 0 Å². The molecule has 3 rings (SSSR count). The number of ether oxygens (including phenoxy) is 1. The number of methoxy groups -OCH3 is 1. The van der Waals surface area contributed by atoms with E-state index < -0.39 is 17.8 Å². The number of carbonyl (C=O) groups is 2. The van der Waals surface area contributed by atoms with E-state index in [1.165, 1.54) is 29.6 Å². The van der Waals surface area contributed by atoms with Gasteiger partial charge in [0.1, 0.15) is 11.8 Å². The summed E-state index contributed by atoms with van der Waals surface area (Å²) in [5.41, 5.74) is 3.66. The molecule has 6 nitrogen and oxygen atoms in total. The highest BCUT2D eigenvalue weighted by molar-refractivity contribution is 6.31. The first-order chi connectivity index (χ1) is 15.9. The Labute approximate surface area is 199 Å². The Morgan fingerprint density at radius 1 is 1.15 bits per heavy atom. The van der Waals surface area contributed by atoms with Crippen molar-refractivity contribution in [3.8, 4) is 5.75 Å². The van der Waals surface area contributed by atoms with E-state index in [-0.39, 0.29) is 16.5 Å². The van der Waals surface area contributed by atoms with Gasteiger partial charge in [0, 0.05) is 6.54 Å². The lowest BCUT2D eigenvalue weighted by Gasteiger charge is -2.31. The van der Waals surface area contributed by atoms with Crippen LogP contribution >= 0.6 is 11.6 Å². The largest absolute Gasteiger partial charge is 0.497 e. The van der Waals surface area contributed by atoms with Crippen molar-refractivity contribution in [2.24, 2.45) is 5.92 Å². The maximum absolute atomic E-state index is 14.4. The molecule has 2 N–H and O–H groups in total. The number of nitrogens with zero attached hydrogens (tertiary/aromatic N) is 1. The van der Waals surface area contributed by atoms with Gasteiger partial charge in [-0.25, -0.2) is 4.39 Å². The second kappa shape index (κ2) is 11.9. The van der Waals surface area contributed by atoms with Gasteiger partial charge in [-0.2, -0.15) is 0 Å². The van der Waals surface area contributed by atoms with Crippen molar-refractivity contribution in [3.63, 3.8) is 0 Å². The Morgan fingerprint density at radius 2 is 1.85 bits per heavy atom. The van der Waals surface area contributed by atoms with Gasteiger partial charge in [-0.1, -0.05) is 49.8 Å². The van der Waals surface area contributed by atoms with E-state index in [9.17, 15) is 14.0 Å². The molecule has 1 saturated carbocycles. The number of rotatable bonds is 9. The molecule has 1 atom stereocenters. The zero-order valence-electron chi connectivity index (χ0n) is 19.1. The number of likely N-dealkylation sites (N-methyl/N-ethyl adjacent to an activating group) is 1. The van der Waals surface area contributed by atoms with Gasteiger partial charge in [0.05, 0.1) is 23.4 Å². The molecule has 0 aliphatic heterocycles. The summed E-state index contributed by atoms with van der Waals surface area (Å²) in [5, 5.41) is 4.12. The van der Waals surface area contributed by atoms with Crippen molar-refractivity contribution in [1.82, 2.24) is 10.3 Å². The normalized spacial score (nSPS) is 14.9. The summed E-state index contributed by atoms with van der Waals surface area (Å²) in [6.07, 6.45) is 5.96. The van der Waals surface area contributed by atoms with E-state index in [1.807, 2.05) is 19.1 Å². The molecule has 1 fully saturated rings. The van der Waals surface area contributed by atoms with Crippen LogP contribution < -0.4 is 15.5 Å². The van der Waals surface area contributed by atoms with E-state index in [0.29, 0.717) is 24.6 Å². The summed E-state index contributed by atoms with van der Waals surface area (Å²) in [7, 11) is 1.59. The van der Waals surface area contributed by atoms with Gasteiger partial charge in [0.25, 0.3) is 11.8 Å². The van der Waals surface area contributed by atoms with Crippen molar-refractivity contribution in [3.05, 3.63) is 58.9 Å². The van der Waals surface area contributed by atoms with E-state index in [4.69, 9.17) is 16.3 Å². The summed E-state index contributed by atoms with van der Waals surface area (Å²) in [6, 6.07) is 10.7. The summed E-state index contributed by atoms with van der Waals surface area (Å²) >= 11 is 5.85. The van der Waals surface area contributed by atoms with Crippen LogP contribution in [0.2, 0.25) is 5.02 Å². The highest BCUT2D eigenvalue weighted by Crippen LogP contribution is 2.28. The number of amides is 2. The minimum atomic E-state index is -0.788. The lowest BCUT2D eigenvalue weighted by atomic mass is 9.84. The van der Waals surface area contributed by atoms with Gasteiger partial charge in [0.15, 0.2) is 5.82 Å². The fourth-order valence-electron chi connectivity index (χ4n) is 4.19. The number of benzene rings is 2. The standard InChI is InChI=1S/C25H31ClFN3O3/c1-3-30(29-18-12-14-19(33-2)15-13-18)25(32)22(16-17-8-5-4-6-9-17)28-24(31)20-10-7-11-21(26)23(20)27/h7,10-15,17,22,29H,3-6,8-9,16H2,1-2H3,(H,28,31). The first-order valence-corrected chi connectivity index (χ1v) is 11.8. The Hall–Kier alpha value is -2.80. The molecule has 0 aromatic heterocycles. The molecule has 8 heteroatoms. The number of anilines is 1. The number of nitrogens with one attached hydrogen (secondary N) is 2. The Bertz CT molecular complexity index is 948. The monoisotopic (exact) mass is 475 g/mol. The van der Waals surface area contributed by atoms with Crippen LogP contribution in [0.15, 0.2) is 42.5 Å². The van der Waals surface area contributed by atoms with Crippen LogP contribution in [0.4, 0.5) is 10.1 Å². The molecule has 2 aromatic rings. The van der Waals surface area contributed by atoms with Gasteiger partial charge < -0.3 is 10.1 Å². The van der Waals surface area contributed by atoms with Crippen molar-refractivity contribution >= 4 is 29.1 Å². The van der Waals surface area contributed by atoms with Gasteiger partial charge in [0.2, 0.25) is 0 Å². The fraction of sp³-hybridized carbons (Fsp3) is 0.440. The van der Waals surface area contributed by atoms with Crippen LogP contribution in [0.3, 0.4) is 0 Å². The first kappa shape index (κ1) is 24.8. The zero-order chi connectivity index (χ0) is 23.8. The molecule has 0 heterocycles. The first-order valence-electron chi connectivity index (χ1n) is 11.4. The number of carbonyl (C=O) groups excluding carboxylic acids is 2. The Balaban J connectivity index is 1.79. The van der Waals surface area contributed by atoms with Gasteiger partial charge in [-0.05, 0) is 55.7 Å². The fourth-order valence-corrected chi connectivity index (χ4v) is 4.37. The summed E-state index contributed by atoms with van der Waals surface area (Å²) in [5.74, 6) is -0.665. The zero-order valence-corrected chi connectivity index (χ0v) is 19.8. The maximum atomic E-state index is 14.4. The van der Waals surface area contributed by atoms with Crippen molar-refractivity contribution < 1.29 is 18.7 Å². The number of hydrogen-bond acceptors (Lipinski definition) is 4. The number of hydrogen-bond donors (Lipinski definition) is 2. The van der Waals surface area contributed by atoms with Crippen LogP contribution in [-0.4, -0.2) is 36.5 Å². The maximum Gasteiger partial charge on any atom is 0.263 e. The predicted octanol–water partition coefficient (Wildman–Crippen LogP) is 5.43. The van der Waals surface area contributed by atoms with Gasteiger partial charge in [-0.3, -0.25) is 20.0 Å². The third-order valence-corrected chi connectivity index (χ3v) is 6.32. The topological polar surface area (TPSA) is 70.7 Å². The van der Waals surface area contributed by atoms with Crippen molar-refractivity contribution in [1.29, 1.82) is 0 Å². The SMILES string of the molecule is CCN(Nc1ccc(OC)cc1)C(=O)C(CC1CCCCC1)NC(=O)c1cccc(Cl)c1F. The highest BCUT2D eigenvalue weighted by atomic mass is 35.5. The smallest absolute Gasteiger partial charge is 0.263 e. The molecule has 1 aliphatic rings. The average molecular weight is 476 g/mol. The molecule has 2 amide bonds. The summed E-state index contributed by atoms with van der Waals surface area (Å²) in [4.78, 5) is 26.4. The molecule has 2 aromatic carbocycles. The van der Waals surface area contributed by atoms with E-state index in [1.54, 1.807) is 19.2 Å². The van der Waals surface area contributed by atoms with Crippen molar-refractivity contribution in [2.45, 2.75) is 51.5 Å². The lowest BCUT2D eigenvalue weighted by Crippen LogP contribution is -2.51. The number of halogens is 2. The van der Waals surface area contributed by atoms with Crippen LogP contribution in [0.5, 0.6) is 5.75 Å². The highest BCUT2D eigenvalue weighted by Gasteiger charge is 2.30. The summed E-state index contributed by atoms with van der Waals surface area (Å²) in [6.45, 7) is 2.23. The average Bonchev–Trinajstić information content (AvgIpc) is 2.84. The predicted molar refractivity (Wildman–Crippen MR) is 128 cm³/mol. The van der Waals surface area contributed by atoms with E-state index >= 15 is 0 Å². The van der Waals surface area contributed by atoms with E-state index in [0.717, 1.165) is 31.4 Å². The third-order valence-electron chi connectivity index (χ3n) is 6.03. The molecule has 1 aliphatic carbocycles. The second-order valence-corrected chi connectivity index (χ2v) is 8.70. The van der Waals surface area contributed by atoms with Gasteiger partial charge >= 0.3 is 0 Å². The molecule has 33 heavy (non-hydrogen) atoms. The minimum absolute atomic E-state index is 0.130. The Morgan fingerprint density at radius 3 is 2.48 bits per heavy atom. The van der Waals surface area contributed by atoms with Crippen LogP contribution in [0.1, 0.15) is 55.8 Å². The number of hydrazine groups is 1. The van der Waals surface area contributed by atoms with Crippen molar-refractivity contribution in [2.75, 3.05) is 19.1 Å². The molecular formula is C25H31ClFN3O3. The third kappa shape index (κ3) is 6.60. The quantitative estimate of drug-likeness (QED) is 0.474. The second-order valence-electron chi connectivity index (χ2n) is 8.29. The van der Waals surface area contributed by atoms with Crippen LogP contribution in [-0.2, 0) is 4.79 Å². The molecule has 178 valence electrons. The lowest BCUT2D eigenvalue weighted by molar-refractivity contribution is -0.132. The molecule has 0 bridgehead atoms.